The molecule has 6 heteroatoms. The molecule has 1 aromatic carbocycles. The minimum absolute atomic E-state index is 0.108. The number of benzene rings is 1. The second-order valence-corrected chi connectivity index (χ2v) is 5.70. The normalized spacial score (nSPS) is 14.2. The van der Waals surface area contributed by atoms with Gasteiger partial charge in [0.2, 0.25) is 0 Å². The first-order valence-electron chi connectivity index (χ1n) is 8.30. The van der Waals surface area contributed by atoms with Crippen LogP contribution < -0.4 is 0 Å². The fraction of sp³-hybridized carbons (Fsp3) is 0.611. The Morgan fingerprint density at radius 1 is 1.08 bits per heavy atom. The van der Waals surface area contributed by atoms with E-state index in [1.54, 1.807) is 30.3 Å². The van der Waals surface area contributed by atoms with E-state index in [0.717, 1.165) is 25.7 Å². The molecule has 0 aliphatic heterocycles. The standard InChI is InChI=1S/C18H25F3O3/c1-3-4-5-6-10-13-23-16(18(19,20)21)17(22)24-14(2)15-11-8-7-9-12-15/h7-9,11-12,14,16H,3-6,10,13H2,1-2H3. The second-order valence-electron chi connectivity index (χ2n) is 5.70. The van der Waals surface area contributed by atoms with E-state index >= 15 is 0 Å². The number of halogens is 3. The van der Waals surface area contributed by atoms with Gasteiger partial charge in [0, 0.05) is 6.61 Å². The molecule has 0 saturated carbocycles. The van der Waals surface area contributed by atoms with Crippen LogP contribution in [-0.4, -0.2) is 24.9 Å². The topological polar surface area (TPSA) is 35.5 Å². The van der Waals surface area contributed by atoms with Crippen LogP contribution in [0.5, 0.6) is 0 Å². The zero-order chi connectivity index (χ0) is 18.0. The Balaban J connectivity index is 2.53. The van der Waals surface area contributed by atoms with Crippen molar-refractivity contribution < 1.29 is 27.4 Å². The van der Waals surface area contributed by atoms with Gasteiger partial charge < -0.3 is 9.47 Å². The number of alkyl halides is 3. The van der Waals surface area contributed by atoms with Crippen LogP contribution in [0.25, 0.3) is 0 Å². The first-order valence-corrected chi connectivity index (χ1v) is 8.30. The van der Waals surface area contributed by atoms with Crippen molar-refractivity contribution >= 4 is 5.97 Å². The Morgan fingerprint density at radius 2 is 1.71 bits per heavy atom. The molecule has 3 nitrogen and oxygen atoms in total. The lowest BCUT2D eigenvalue weighted by Crippen LogP contribution is -2.41. The molecule has 0 spiro atoms. The summed E-state index contributed by atoms with van der Waals surface area (Å²) in [5.41, 5.74) is 0.631. The van der Waals surface area contributed by atoms with Gasteiger partial charge in [-0.25, -0.2) is 4.79 Å². The van der Waals surface area contributed by atoms with Crippen molar-refractivity contribution in [3.8, 4) is 0 Å². The van der Waals surface area contributed by atoms with E-state index in [1.807, 2.05) is 0 Å². The summed E-state index contributed by atoms with van der Waals surface area (Å²) < 4.78 is 48.8. The van der Waals surface area contributed by atoms with E-state index in [0.29, 0.717) is 12.0 Å². The van der Waals surface area contributed by atoms with Crippen molar-refractivity contribution in [1.82, 2.24) is 0 Å². The minimum Gasteiger partial charge on any atom is -0.456 e. The molecule has 1 rings (SSSR count). The molecule has 1 aromatic rings. The molecule has 0 fully saturated rings. The van der Waals surface area contributed by atoms with E-state index in [1.165, 1.54) is 6.92 Å². The molecule has 24 heavy (non-hydrogen) atoms. The predicted octanol–water partition coefficient (Wildman–Crippen LogP) is 5.21. The largest absolute Gasteiger partial charge is 0.456 e. The van der Waals surface area contributed by atoms with E-state index < -0.39 is 24.4 Å². The maximum absolute atomic E-state index is 13.0. The number of esters is 1. The summed E-state index contributed by atoms with van der Waals surface area (Å²) in [5, 5.41) is 0. The van der Waals surface area contributed by atoms with Gasteiger partial charge in [0.25, 0.3) is 6.10 Å². The van der Waals surface area contributed by atoms with Crippen molar-refractivity contribution in [3.05, 3.63) is 35.9 Å². The molecule has 0 amide bonds. The van der Waals surface area contributed by atoms with Crippen LogP contribution in [0.15, 0.2) is 30.3 Å². The fourth-order valence-corrected chi connectivity index (χ4v) is 2.23. The van der Waals surface area contributed by atoms with Crippen molar-refractivity contribution in [2.45, 2.75) is 64.3 Å². The van der Waals surface area contributed by atoms with E-state index in [2.05, 4.69) is 6.92 Å². The van der Waals surface area contributed by atoms with Gasteiger partial charge in [-0.05, 0) is 18.9 Å². The Morgan fingerprint density at radius 3 is 2.29 bits per heavy atom. The van der Waals surface area contributed by atoms with Gasteiger partial charge in [0.1, 0.15) is 6.10 Å². The summed E-state index contributed by atoms with van der Waals surface area (Å²) in [4.78, 5) is 11.9. The summed E-state index contributed by atoms with van der Waals surface area (Å²) in [6, 6.07) is 8.61. The third-order valence-electron chi connectivity index (χ3n) is 3.61. The van der Waals surface area contributed by atoms with Gasteiger partial charge in [-0.1, -0.05) is 62.9 Å². The Hall–Kier alpha value is -1.56. The summed E-state index contributed by atoms with van der Waals surface area (Å²) >= 11 is 0. The van der Waals surface area contributed by atoms with Crippen molar-refractivity contribution in [1.29, 1.82) is 0 Å². The lowest BCUT2D eigenvalue weighted by atomic mass is 10.1. The maximum atomic E-state index is 13.0. The second kappa shape index (κ2) is 10.3. The average molecular weight is 346 g/mol. The molecule has 0 aliphatic rings. The molecule has 0 N–H and O–H groups in total. The summed E-state index contributed by atoms with van der Waals surface area (Å²) in [5.74, 6) is -1.40. The molecule has 2 atom stereocenters. The van der Waals surface area contributed by atoms with Crippen LogP contribution >= 0.6 is 0 Å². The first-order chi connectivity index (χ1) is 11.4. The van der Waals surface area contributed by atoms with Gasteiger partial charge >= 0.3 is 12.1 Å². The number of carbonyl (C=O) groups excluding carboxylic acids is 1. The highest BCUT2D eigenvalue weighted by Crippen LogP contribution is 2.27. The van der Waals surface area contributed by atoms with E-state index in [-0.39, 0.29) is 6.61 Å². The molecule has 0 radical (unpaired) electrons. The lowest BCUT2D eigenvalue weighted by Gasteiger charge is -2.22. The quantitative estimate of drug-likeness (QED) is 0.431. The van der Waals surface area contributed by atoms with E-state index in [4.69, 9.17) is 9.47 Å². The number of carbonyl (C=O) groups is 1. The molecule has 0 aromatic heterocycles. The molecular formula is C18H25F3O3. The zero-order valence-electron chi connectivity index (χ0n) is 14.1. The van der Waals surface area contributed by atoms with Gasteiger partial charge in [-0.3, -0.25) is 0 Å². The van der Waals surface area contributed by atoms with Crippen molar-refractivity contribution in [2.75, 3.05) is 6.61 Å². The fourth-order valence-electron chi connectivity index (χ4n) is 2.23. The van der Waals surface area contributed by atoms with Crippen LogP contribution in [-0.2, 0) is 14.3 Å². The summed E-state index contributed by atoms with van der Waals surface area (Å²) in [7, 11) is 0. The van der Waals surface area contributed by atoms with Gasteiger partial charge in [0.15, 0.2) is 0 Å². The molecule has 0 saturated heterocycles. The van der Waals surface area contributed by atoms with Crippen molar-refractivity contribution in [3.63, 3.8) is 0 Å². The lowest BCUT2D eigenvalue weighted by molar-refractivity contribution is -0.232. The molecule has 0 bridgehead atoms. The Bertz CT molecular complexity index is 474. The van der Waals surface area contributed by atoms with Crippen LogP contribution in [0.4, 0.5) is 13.2 Å². The van der Waals surface area contributed by atoms with Crippen LogP contribution in [0, 0.1) is 0 Å². The molecule has 2 unspecified atom stereocenters. The molecule has 0 aliphatic carbocycles. The van der Waals surface area contributed by atoms with Crippen LogP contribution in [0.2, 0.25) is 0 Å². The average Bonchev–Trinajstić information content (AvgIpc) is 2.53. The number of hydrogen-bond donors (Lipinski definition) is 0. The highest BCUT2D eigenvalue weighted by Gasteiger charge is 2.47. The predicted molar refractivity (Wildman–Crippen MR) is 85.5 cm³/mol. The number of ether oxygens (including phenoxy) is 2. The zero-order valence-corrected chi connectivity index (χ0v) is 14.1. The highest BCUT2D eigenvalue weighted by atomic mass is 19.4. The van der Waals surface area contributed by atoms with Crippen LogP contribution in [0.3, 0.4) is 0 Å². The summed E-state index contributed by atoms with van der Waals surface area (Å²) in [6.07, 6.45) is -3.76. The van der Waals surface area contributed by atoms with E-state index in [9.17, 15) is 18.0 Å². The van der Waals surface area contributed by atoms with Crippen LogP contribution in [0.1, 0.15) is 57.6 Å². The summed E-state index contributed by atoms with van der Waals surface area (Å²) in [6.45, 7) is 3.48. The maximum Gasteiger partial charge on any atom is 0.425 e. The third-order valence-corrected chi connectivity index (χ3v) is 3.61. The number of hydrogen-bond acceptors (Lipinski definition) is 3. The van der Waals surface area contributed by atoms with Gasteiger partial charge in [0.05, 0.1) is 0 Å². The van der Waals surface area contributed by atoms with Gasteiger partial charge in [-0.2, -0.15) is 13.2 Å². The number of unbranched alkanes of at least 4 members (excludes halogenated alkanes) is 4. The van der Waals surface area contributed by atoms with Gasteiger partial charge in [-0.15, -0.1) is 0 Å². The Labute approximate surface area is 141 Å². The minimum atomic E-state index is -4.78. The van der Waals surface area contributed by atoms with Crippen molar-refractivity contribution in [2.24, 2.45) is 0 Å². The highest BCUT2D eigenvalue weighted by molar-refractivity contribution is 5.76. The Kier molecular flexibility index (Phi) is 8.82. The monoisotopic (exact) mass is 346 g/mol. The first kappa shape index (κ1) is 20.5. The molecular weight excluding hydrogens is 321 g/mol. The third kappa shape index (κ3) is 7.34. The SMILES string of the molecule is CCCCCCCOC(C(=O)OC(C)c1ccccc1)C(F)(F)F. The smallest absolute Gasteiger partial charge is 0.425 e. The number of rotatable bonds is 10. The molecule has 0 heterocycles. The molecule has 136 valence electrons.